The third kappa shape index (κ3) is 2.32. The molecule has 1 saturated heterocycles. The normalized spacial score (nSPS) is 44.3. The number of carboxylic acid groups (broad SMARTS) is 1. The quantitative estimate of drug-likeness (QED) is 0.298. The van der Waals surface area contributed by atoms with Gasteiger partial charge < -0.3 is 35.4 Å². The number of rotatable bonds is 3. The second-order valence-corrected chi connectivity index (χ2v) is 3.68. The van der Waals surface area contributed by atoms with Gasteiger partial charge in [0.1, 0.15) is 30.8 Å². The molecule has 1 aliphatic rings. The fourth-order valence-corrected chi connectivity index (χ4v) is 1.58. The van der Waals surface area contributed by atoms with Crippen LogP contribution in [0.15, 0.2) is 0 Å². The highest BCUT2D eigenvalue weighted by Crippen LogP contribution is 2.30. The van der Waals surface area contributed by atoms with Gasteiger partial charge in [-0.1, -0.05) is 0 Å². The van der Waals surface area contributed by atoms with Crippen LogP contribution in [0.3, 0.4) is 0 Å². The second-order valence-electron chi connectivity index (χ2n) is 3.68. The highest BCUT2D eigenvalue weighted by Gasteiger charge is 2.53. The number of ether oxygens (including phenoxy) is 1. The lowest BCUT2D eigenvalue weighted by molar-refractivity contribution is -0.349. The van der Waals surface area contributed by atoms with Crippen LogP contribution in [-0.4, -0.2) is 73.4 Å². The smallest absolute Gasteiger partial charge is 0.308 e. The Hall–Kier alpha value is -0.770. The second kappa shape index (κ2) is 4.62. The molecule has 1 rings (SSSR count). The van der Waals surface area contributed by atoms with E-state index in [9.17, 15) is 25.2 Å². The van der Waals surface area contributed by atoms with Gasteiger partial charge in [-0.05, 0) is 0 Å². The molecule has 5 atom stereocenters. The van der Waals surface area contributed by atoms with Crippen LogP contribution in [0.2, 0.25) is 0 Å². The molecule has 94 valence electrons. The van der Waals surface area contributed by atoms with Gasteiger partial charge in [-0.25, -0.2) is 0 Å². The maximum Gasteiger partial charge on any atom is 0.308 e. The molecule has 0 spiro atoms. The number of hydrogen-bond donors (Lipinski definition) is 6. The van der Waals surface area contributed by atoms with Crippen molar-refractivity contribution in [2.45, 2.75) is 36.6 Å². The maximum atomic E-state index is 10.4. The third-order valence-electron chi connectivity index (χ3n) is 2.46. The lowest BCUT2D eigenvalue weighted by atomic mass is 9.91. The first-order chi connectivity index (χ1) is 7.31. The van der Waals surface area contributed by atoms with Gasteiger partial charge in [0.15, 0.2) is 0 Å². The van der Waals surface area contributed by atoms with Crippen LogP contribution < -0.4 is 0 Å². The van der Waals surface area contributed by atoms with E-state index in [0.29, 0.717) is 0 Å². The van der Waals surface area contributed by atoms with Crippen LogP contribution in [0.25, 0.3) is 0 Å². The number of carboxylic acids is 1. The highest BCUT2D eigenvalue weighted by atomic mass is 16.7. The Bertz CT molecular complexity index is 267. The Labute approximate surface area is 90.3 Å². The molecule has 8 heteroatoms. The minimum atomic E-state index is -2.53. The molecule has 0 aromatic carbocycles. The van der Waals surface area contributed by atoms with E-state index in [4.69, 9.17) is 14.9 Å². The molecule has 6 N–H and O–H groups in total. The van der Waals surface area contributed by atoms with E-state index < -0.39 is 49.2 Å². The third-order valence-corrected chi connectivity index (χ3v) is 2.46. The summed E-state index contributed by atoms with van der Waals surface area (Å²) < 4.78 is 4.69. The average Bonchev–Trinajstić information content (AvgIpc) is 2.20. The average molecular weight is 238 g/mol. The lowest BCUT2D eigenvalue weighted by Gasteiger charge is -2.44. The van der Waals surface area contributed by atoms with E-state index in [1.807, 2.05) is 0 Å². The summed E-state index contributed by atoms with van der Waals surface area (Å²) >= 11 is 0. The maximum absolute atomic E-state index is 10.4. The van der Waals surface area contributed by atoms with Crippen molar-refractivity contribution in [3.63, 3.8) is 0 Å². The molecule has 0 unspecified atom stereocenters. The summed E-state index contributed by atoms with van der Waals surface area (Å²) in [6, 6.07) is 0. The Morgan fingerprint density at radius 3 is 2.25 bits per heavy atom. The van der Waals surface area contributed by atoms with Gasteiger partial charge in [0.05, 0.1) is 6.61 Å². The van der Waals surface area contributed by atoms with Crippen molar-refractivity contribution in [1.29, 1.82) is 0 Å². The number of carbonyl (C=O) groups is 1. The van der Waals surface area contributed by atoms with Crippen molar-refractivity contribution >= 4 is 5.97 Å². The van der Waals surface area contributed by atoms with Gasteiger partial charge in [-0.15, -0.1) is 0 Å². The molecule has 1 aliphatic heterocycles. The van der Waals surface area contributed by atoms with Gasteiger partial charge in [0.2, 0.25) is 5.79 Å². The fourth-order valence-electron chi connectivity index (χ4n) is 1.58. The van der Waals surface area contributed by atoms with Crippen LogP contribution in [0.5, 0.6) is 0 Å². The molecule has 0 aromatic rings. The topological polar surface area (TPSA) is 148 Å². The summed E-state index contributed by atoms with van der Waals surface area (Å²) in [6.07, 6.45) is -7.71. The standard InChI is InChI=1S/C8H14O8/c9-2-3-5(12)6(13)7(14)8(15,16-3)1-4(10)11/h3,5-7,9,12-15H,1-2H2,(H,10,11)/t3-,5-,6+,7+,8-/m1/s1. The van der Waals surface area contributed by atoms with Crippen LogP contribution in [-0.2, 0) is 9.53 Å². The molecule has 0 aromatic heterocycles. The molecule has 1 fully saturated rings. The van der Waals surface area contributed by atoms with E-state index in [2.05, 4.69) is 0 Å². The first-order valence-electron chi connectivity index (χ1n) is 4.59. The van der Waals surface area contributed by atoms with Crippen molar-refractivity contribution < 1.29 is 40.2 Å². The summed E-state index contributed by atoms with van der Waals surface area (Å²) in [7, 11) is 0. The zero-order valence-corrected chi connectivity index (χ0v) is 8.22. The Morgan fingerprint density at radius 2 is 1.81 bits per heavy atom. The van der Waals surface area contributed by atoms with Crippen LogP contribution >= 0.6 is 0 Å². The molecule has 0 bridgehead atoms. The fraction of sp³-hybridized carbons (Fsp3) is 0.875. The molecule has 0 amide bonds. The Morgan fingerprint density at radius 1 is 1.25 bits per heavy atom. The number of hydrogen-bond acceptors (Lipinski definition) is 7. The van der Waals surface area contributed by atoms with Crippen LogP contribution in [0, 0.1) is 0 Å². The number of aliphatic carboxylic acids is 1. The van der Waals surface area contributed by atoms with E-state index in [-0.39, 0.29) is 0 Å². The molecule has 16 heavy (non-hydrogen) atoms. The zero-order valence-electron chi connectivity index (χ0n) is 8.22. The Kier molecular flexibility index (Phi) is 3.84. The highest BCUT2D eigenvalue weighted by molar-refractivity contribution is 5.68. The molecule has 0 radical (unpaired) electrons. The largest absolute Gasteiger partial charge is 0.481 e. The number of aliphatic hydroxyl groups is 5. The minimum Gasteiger partial charge on any atom is -0.481 e. The van der Waals surface area contributed by atoms with Crippen molar-refractivity contribution in [2.24, 2.45) is 0 Å². The molecule has 0 saturated carbocycles. The van der Waals surface area contributed by atoms with Crippen LogP contribution in [0.4, 0.5) is 0 Å². The first kappa shape index (κ1) is 13.3. The predicted octanol–water partition coefficient (Wildman–Crippen LogP) is -3.38. The van der Waals surface area contributed by atoms with Gasteiger partial charge >= 0.3 is 5.97 Å². The van der Waals surface area contributed by atoms with Crippen molar-refractivity contribution in [3.8, 4) is 0 Å². The monoisotopic (exact) mass is 238 g/mol. The van der Waals surface area contributed by atoms with E-state index in [0.717, 1.165) is 0 Å². The van der Waals surface area contributed by atoms with Gasteiger partial charge in [-0.3, -0.25) is 4.79 Å². The van der Waals surface area contributed by atoms with Gasteiger partial charge in [0, 0.05) is 0 Å². The predicted molar refractivity (Wildman–Crippen MR) is 47.2 cm³/mol. The molecule has 8 nitrogen and oxygen atoms in total. The lowest BCUT2D eigenvalue weighted by Crippen LogP contribution is -2.65. The molecule has 0 aliphatic carbocycles. The Balaban J connectivity index is 2.89. The molecule has 1 heterocycles. The molecular formula is C8H14O8. The van der Waals surface area contributed by atoms with Crippen molar-refractivity contribution in [1.82, 2.24) is 0 Å². The minimum absolute atomic E-state index is 0.729. The van der Waals surface area contributed by atoms with E-state index >= 15 is 0 Å². The summed E-state index contributed by atoms with van der Waals surface area (Å²) in [6.45, 7) is -0.729. The van der Waals surface area contributed by atoms with E-state index in [1.165, 1.54) is 0 Å². The summed E-state index contributed by atoms with van der Waals surface area (Å²) in [5, 5.41) is 55.0. The van der Waals surface area contributed by atoms with E-state index in [1.54, 1.807) is 0 Å². The van der Waals surface area contributed by atoms with Crippen LogP contribution in [0.1, 0.15) is 6.42 Å². The zero-order chi connectivity index (χ0) is 12.5. The summed E-state index contributed by atoms with van der Waals surface area (Å²) in [4.78, 5) is 10.4. The first-order valence-corrected chi connectivity index (χ1v) is 4.59. The summed E-state index contributed by atoms with van der Waals surface area (Å²) in [5.41, 5.74) is 0. The summed E-state index contributed by atoms with van der Waals surface area (Å²) in [5.74, 6) is -3.99. The van der Waals surface area contributed by atoms with Crippen molar-refractivity contribution in [2.75, 3.05) is 6.61 Å². The number of aliphatic hydroxyl groups excluding tert-OH is 4. The molecular weight excluding hydrogens is 224 g/mol. The van der Waals surface area contributed by atoms with Crippen molar-refractivity contribution in [3.05, 3.63) is 0 Å². The van der Waals surface area contributed by atoms with Gasteiger partial charge in [0.25, 0.3) is 0 Å². The van der Waals surface area contributed by atoms with Gasteiger partial charge in [-0.2, -0.15) is 0 Å². The SMILES string of the molecule is O=C(O)C[C@@]1(O)O[C@H](CO)[C@@H](O)[C@H](O)[C@@H]1O.